The van der Waals surface area contributed by atoms with Gasteiger partial charge >= 0.3 is 0 Å². The Morgan fingerprint density at radius 2 is 2.20 bits per heavy atom. The second-order valence-corrected chi connectivity index (χ2v) is 4.76. The van der Waals surface area contributed by atoms with Gasteiger partial charge in [-0.15, -0.1) is 0 Å². The van der Waals surface area contributed by atoms with Crippen molar-refractivity contribution in [1.29, 1.82) is 0 Å². The summed E-state index contributed by atoms with van der Waals surface area (Å²) in [6, 6.07) is 1.79. The third kappa shape index (κ3) is 3.32. The molecule has 4 heteroatoms. The molecule has 1 amide bonds. The third-order valence-corrected chi connectivity index (χ3v) is 2.96. The first-order chi connectivity index (χ1) is 7.02. The number of rotatable bonds is 4. The summed E-state index contributed by atoms with van der Waals surface area (Å²) in [7, 11) is 0. The SMILES string of the molecule is CC(C)N(Cc1ccsc1)C(=O)[C@H](C)N. The number of nitrogens with two attached hydrogens (primary N) is 1. The zero-order valence-corrected chi connectivity index (χ0v) is 10.3. The Bertz CT molecular complexity index is 306. The molecule has 0 bridgehead atoms. The Hall–Kier alpha value is -0.870. The first-order valence-corrected chi connectivity index (χ1v) is 6.03. The maximum atomic E-state index is 11.8. The minimum Gasteiger partial charge on any atom is -0.335 e. The zero-order valence-electron chi connectivity index (χ0n) is 9.43. The molecule has 0 saturated heterocycles. The summed E-state index contributed by atoms with van der Waals surface area (Å²) in [5.41, 5.74) is 6.78. The van der Waals surface area contributed by atoms with Crippen molar-refractivity contribution in [2.75, 3.05) is 0 Å². The van der Waals surface area contributed by atoms with Crippen molar-refractivity contribution in [2.45, 2.75) is 39.4 Å². The highest BCUT2D eigenvalue weighted by molar-refractivity contribution is 7.07. The van der Waals surface area contributed by atoms with Gasteiger partial charge < -0.3 is 10.6 Å². The molecule has 1 aromatic heterocycles. The minimum atomic E-state index is -0.425. The largest absolute Gasteiger partial charge is 0.335 e. The lowest BCUT2D eigenvalue weighted by Gasteiger charge is -2.28. The predicted molar refractivity (Wildman–Crippen MR) is 63.7 cm³/mol. The molecule has 0 unspecified atom stereocenters. The van der Waals surface area contributed by atoms with E-state index in [9.17, 15) is 4.79 Å². The van der Waals surface area contributed by atoms with Gasteiger partial charge in [-0.3, -0.25) is 4.79 Å². The average Bonchev–Trinajstić information content (AvgIpc) is 2.64. The van der Waals surface area contributed by atoms with Gasteiger partial charge in [0.25, 0.3) is 0 Å². The molecular weight excluding hydrogens is 208 g/mol. The Morgan fingerprint density at radius 3 is 2.60 bits per heavy atom. The van der Waals surface area contributed by atoms with E-state index < -0.39 is 6.04 Å². The van der Waals surface area contributed by atoms with Crippen LogP contribution in [0.1, 0.15) is 26.3 Å². The van der Waals surface area contributed by atoms with Gasteiger partial charge in [-0.2, -0.15) is 11.3 Å². The van der Waals surface area contributed by atoms with Gasteiger partial charge in [-0.05, 0) is 43.2 Å². The average molecular weight is 226 g/mol. The quantitative estimate of drug-likeness (QED) is 0.851. The Morgan fingerprint density at radius 1 is 1.53 bits per heavy atom. The van der Waals surface area contributed by atoms with E-state index in [2.05, 4.69) is 5.38 Å². The summed E-state index contributed by atoms with van der Waals surface area (Å²) in [6.07, 6.45) is 0. The molecule has 0 aliphatic carbocycles. The van der Waals surface area contributed by atoms with E-state index in [0.29, 0.717) is 6.54 Å². The van der Waals surface area contributed by atoms with Gasteiger partial charge in [0, 0.05) is 12.6 Å². The van der Waals surface area contributed by atoms with E-state index in [0.717, 1.165) is 0 Å². The molecule has 2 N–H and O–H groups in total. The van der Waals surface area contributed by atoms with Crippen LogP contribution in [-0.4, -0.2) is 22.9 Å². The van der Waals surface area contributed by atoms with Gasteiger partial charge in [0.05, 0.1) is 6.04 Å². The van der Waals surface area contributed by atoms with Crippen LogP contribution in [0.25, 0.3) is 0 Å². The van der Waals surface area contributed by atoms with Crippen molar-refractivity contribution in [3.63, 3.8) is 0 Å². The summed E-state index contributed by atoms with van der Waals surface area (Å²) in [4.78, 5) is 13.6. The molecule has 0 aliphatic rings. The Kier molecular flexibility index (Phi) is 4.29. The zero-order chi connectivity index (χ0) is 11.4. The molecule has 0 fully saturated rings. The molecule has 3 nitrogen and oxygen atoms in total. The van der Waals surface area contributed by atoms with Gasteiger partial charge in [0.2, 0.25) is 5.91 Å². The predicted octanol–water partition coefficient (Wildman–Crippen LogP) is 1.83. The number of amides is 1. The number of carbonyl (C=O) groups excluding carboxylic acids is 1. The second-order valence-electron chi connectivity index (χ2n) is 3.98. The van der Waals surface area contributed by atoms with E-state index >= 15 is 0 Å². The van der Waals surface area contributed by atoms with Crippen LogP contribution in [0.2, 0.25) is 0 Å². The van der Waals surface area contributed by atoms with Crippen molar-refractivity contribution in [3.8, 4) is 0 Å². The lowest BCUT2D eigenvalue weighted by atomic mass is 10.2. The molecule has 0 radical (unpaired) electrons. The fourth-order valence-electron chi connectivity index (χ4n) is 1.36. The van der Waals surface area contributed by atoms with E-state index in [1.807, 2.05) is 30.2 Å². The first-order valence-electron chi connectivity index (χ1n) is 5.09. The van der Waals surface area contributed by atoms with Gasteiger partial charge in [-0.1, -0.05) is 0 Å². The molecule has 0 spiro atoms. The summed E-state index contributed by atoms with van der Waals surface area (Å²) in [5, 5.41) is 4.08. The molecule has 1 aromatic rings. The van der Waals surface area contributed by atoms with Crippen LogP contribution in [0.5, 0.6) is 0 Å². The van der Waals surface area contributed by atoms with Crippen LogP contribution >= 0.6 is 11.3 Å². The third-order valence-electron chi connectivity index (χ3n) is 2.23. The molecule has 0 saturated carbocycles. The van der Waals surface area contributed by atoms with Crippen molar-refractivity contribution in [2.24, 2.45) is 5.73 Å². The summed E-state index contributed by atoms with van der Waals surface area (Å²) in [5.74, 6) is 0.0104. The number of hydrogen-bond acceptors (Lipinski definition) is 3. The molecule has 1 atom stereocenters. The summed E-state index contributed by atoms with van der Waals surface area (Å²) in [6.45, 7) is 6.40. The molecule has 1 rings (SSSR count). The van der Waals surface area contributed by atoms with Crippen molar-refractivity contribution >= 4 is 17.2 Å². The van der Waals surface area contributed by atoms with Crippen LogP contribution < -0.4 is 5.73 Å². The van der Waals surface area contributed by atoms with Crippen LogP contribution in [0, 0.1) is 0 Å². The van der Waals surface area contributed by atoms with Crippen molar-refractivity contribution in [1.82, 2.24) is 4.90 Å². The van der Waals surface area contributed by atoms with Gasteiger partial charge in [0.15, 0.2) is 0 Å². The second kappa shape index (κ2) is 5.28. The molecule has 84 valence electrons. The summed E-state index contributed by atoms with van der Waals surface area (Å²) >= 11 is 1.64. The minimum absolute atomic E-state index is 0.0104. The van der Waals surface area contributed by atoms with E-state index in [1.165, 1.54) is 5.56 Å². The number of nitrogens with zero attached hydrogens (tertiary/aromatic N) is 1. The molecule has 15 heavy (non-hydrogen) atoms. The number of carbonyl (C=O) groups is 1. The van der Waals surface area contributed by atoms with Crippen molar-refractivity contribution in [3.05, 3.63) is 22.4 Å². The number of hydrogen-bond donors (Lipinski definition) is 1. The van der Waals surface area contributed by atoms with Crippen LogP contribution in [-0.2, 0) is 11.3 Å². The molecule has 1 heterocycles. The molecular formula is C11H18N2OS. The topological polar surface area (TPSA) is 46.3 Å². The van der Waals surface area contributed by atoms with E-state index in [1.54, 1.807) is 18.3 Å². The lowest BCUT2D eigenvalue weighted by molar-refractivity contribution is -0.134. The molecule has 0 aliphatic heterocycles. The highest BCUT2D eigenvalue weighted by atomic mass is 32.1. The standard InChI is InChI=1S/C11H18N2OS/c1-8(2)13(11(14)9(3)12)6-10-4-5-15-7-10/h4-5,7-9H,6,12H2,1-3H3/t9-/m0/s1. The monoisotopic (exact) mass is 226 g/mol. The Balaban J connectivity index is 2.71. The van der Waals surface area contributed by atoms with Crippen molar-refractivity contribution < 1.29 is 4.79 Å². The normalized spacial score (nSPS) is 12.9. The molecule has 0 aromatic carbocycles. The van der Waals surface area contributed by atoms with Gasteiger partial charge in [0.1, 0.15) is 0 Å². The Labute approximate surface area is 94.9 Å². The van der Waals surface area contributed by atoms with Crippen LogP contribution in [0.4, 0.5) is 0 Å². The highest BCUT2D eigenvalue weighted by Crippen LogP contribution is 2.12. The van der Waals surface area contributed by atoms with Gasteiger partial charge in [-0.25, -0.2) is 0 Å². The fraction of sp³-hybridized carbons (Fsp3) is 0.545. The maximum absolute atomic E-state index is 11.8. The lowest BCUT2D eigenvalue weighted by Crippen LogP contribution is -2.45. The summed E-state index contributed by atoms with van der Waals surface area (Å²) < 4.78 is 0. The smallest absolute Gasteiger partial charge is 0.239 e. The first kappa shape index (κ1) is 12.2. The van der Waals surface area contributed by atoms with E-state index in [-0.39, 0.29) is 11.9 Å². The van der Waals surface area contributed by atoms with Crippen LogP contribution in [0.3, 0.4) is 0 Å². The van der Waals surface area contributed by atoms with Crippen LogP contribution in [0.15, 0.2) is 16.8 Å². The fourth-order valence-corrected chi connectivity index (χ4v) is 2.02. The van der Waals surface area contributed by atoms with E-state index in [4.69, 9.17) is 5.73 Å². The maximum Gasteiger partial charge on any atom is 0.239 e. The highest BCUT2D eigenvalue weighted by Gasteiger charge is 2.20. The number of thiophene rings is 1.